The molecule has 14 nitrogen and oxygen atoms in total. The minimum Gasteiger partial charge on any atom is -0.497 e. The van der Waals surface area contributed by atoms with Gasteiger partial charge < -0.3 is 33.5 Å². The average Bonchev–Trinajstić information content (AvgIpc) is 3.91. The molecule has 0 saturated carbocycles. The lowest BCUT2D eigenvalue weighted by Crippen LogP contribution is -2.65. The summed E-state index contributed by atoms with van der Waals surface area (Å²) >= 11 is 7.47. The summed E-state index contributed by atoms with van der Waals surface area (Å²) in [6.07, 6.45) is 1.62. The molecule has 5 aromatic rings. The highest BCUT2D eigenvalue weighted by molar-refractivity contribution is 6.35. The highest BCUT2D eigenvalue weighted by Crippen LogP contribution is 2.48. The van der Waals surface area contributed by atoms with Gasteiger partial charge in [0.1, 0.15) is 64.2 Å². The third-order valence-corrected chi connectivity index (χ3v) is 14.4. The Hall–Kier alpha value is -5.74. The molecule has 2 bridgehead atoms. The smallest absolute Gasteiger partial charge is 0.410 e. The molecular weight excluding hydrogens is 882 g/mol. The standard InChI is InChI=1S/C50H57ClF2N8O6/c1-28-21-36(39(51)45(54-28)58(23-30-9-14-34(63-6)15-10-30)24-31-11-16-35(64-7)17-12-31)41-40(53)42-38-44(57-47(56-42)65-27-50-19-8-20-59(50)25-32(52)22-50)60-26-33-13-18-37(43(60)29(2)66-46(38)55-41)61(33)48(62)67-49(3,4)5/h9-12,14-17,21,29,32-33,37,43H,8,13,18-20,22-27H2,1-7H3/t29-,32+,33+,37-,43+,50-/m0/s1. The lowest BCUT2D eigenvalue weighted by molar-refractivity contribution is 0.000933. The number of methoxy groups -OCH3 is 2. The molecule has 10 rings (SSSR count). The van der Waals surface area contributed by atoms with Gasteiger partial charge in [-0.05, 0) is 108 Å². The predicted molar refractivity (Wildman–Crippen MR) is 251 cm³/mol. The molecule has 6 atom stereocenters. The highest BCUT2D eigenvalue weighted by Gasteiger charge is 2.54. The first kappa shape index (κ1) is 45.1. The number of benzene rings is 2. The largest absolute Gasteiger partial charge is 0.497 e. The van der Waals surface area contributed by atoms with Crippen molar-refractivity contribution >= 4 is 40.2 Å². The van der Waals surface area contributed by atoms with Crippen LogP contribution in [0, 0.1) is 12.7 Å². The van der Waals surface area contributed by atoms with E-state index in [0.717, 1.165) is 48.4 Å². The van der Waals surface area contributed by atoms with Gasteiger partial charge in [-0.2, -0.15) is 9.97 Å². The zero-order valence-electron chi connectivity index (χ0n) is 39.0. The number of hydrogen-bond acceptors (Lipinski definition) is 13. The van der Waals surface area contributed by atoms with Crippen molar-refractivity contribution in [3.63, 3.8) is 0 Å². The summed E-state index contributed by atoms with van der Waals surface area (Å²) < 4.78 is 63.0. The number of hydrogen-bond donors (Lipinski definition) is 0. The summed E-state index contributed by atoms with van der Waals surface area (Å²) in [5.41, 5.74) is 1.50. The van der Waals surface area contributed by atoms with Crippen LogP contribution < -0.4 is 28.7 Å². The number of piperazine rings is 1. The van der Waals surface area contributed by atoms with Crippen molar-refractivity contribution in [3.05, 3.63) is 82.3 Å². The summed E-state index contributed by atoms with van der Waals surface area (Å²) in [5, 5.41) is 0.476. The zero-order chi connectivity index (χ0) is 46.9. The van der Waals surface area contributed by atoms with Crippen molar-refractivity contribution < 1.29 is 37.3 Å². The Bertz CT molecular complexity index is 2640. The monoisotopic (exact) mass is 938 g/mol. The molecule has 354 valence electrons. The number of carbonyl (C=O) groups excluding carboxylic acids is 1. The zero-order valence-corrected chi connectivity index (χ0v) is 39.8. The first-order valence-electron chi connectivity index (χ1n) is 23.2. The van der Waals surface area contributed by atoms with Gasteiger partial charge in [0.2, 0.25) is 5.88 Å². The van der Waals surface area contributed by atoms with E-state index >= 15 is 4.39 Å². The number of fused-ring (bicyclic) bond motifs is 6. The Kier molecular flexibility index (Phi) is 11.7. The van der Waals surface area contributed by atoms with Gasteiger partial charge in [-0.3, -0.25) is 9.80 Å². The molecular formula is C50H57ClF2N8O6. The molecule has 0 N–H and O–H groups in total. The summed E-state index contributed by atoms with van der Waals surface area (Å²) in [6, 6.07) is 16.3. The van der Waals surface area contributed by atoms with Crippen molar-refractivity contribution in [1.82, 2.24) is 29.7 Å². The minimum absolute atomic E-state index is 0.0360. The Balaban J connectivity index is 1.09. The molecule has 5 aliphatic rings. The van der Waals surface area contributed by atoms with Gasteiger partial charge in [0.15, 0.2) is 5.82 Å². The van der Waals surface area contributed by atoms with Crippen LogP contribution in [0.2, 0.25) is 5.02 Å². The van der Waals surface area contributed by atoms with E-state index in [0.29, 0.717) is 67.3 Å². The first-order valence-corrected chi connectivity index (χ1v) is 23.6. The maximum absolute atomic E-state index is 18.0. The molecule has 0 aliphatic carbocycles. The van der Waals surface area contributed by atoms with Gasteiger partial charge in [-0.15, -0.1) is 0 Å². The topological polar surface area (TPSA) is 128 Å². The number of anilines is 2. The Labute approximate surface area is 394 Å². The summed E-state index contributed by atoms with van der Waals surface area (Å²) in [6.45, 7) is 11.8. The number of halogens is 3. The van der Waals surface area contributed by atoms with E-state index in [4.69, 9.17) is 55.2 Å². The third-order valence-electron chi connectivity index (χ3n) is 14.0. The van der Waals surface area contributed by atoms with Crippen LogP contribution in [-0.2, 0) is 17.8 Å². The van der Waals surface area contributed by atoms with Gasteiger partial charge in [0, 0.05) is 43.9 Å². The summed E-state index contributed by atoms with van der Waals surface area (Å²) in [4.78, 5) is 41.8. The molecule has 8 heterocycles. The van der Waals surface area contributed by atoms with Crippen molar-refractivity contribution in [3.8, 4) is 34.6 Å². The lowest BCUT2D eigenvalue weighted by Gasteiger charge is -2.48. The number of nitrogens with zero attached hydrogens (tertiary/aromatic N) is 8. The third kappa shape index (κ3) is 8.38. The van der Waals surface area contributed by atoms with Gasteiger partial charge in [-0.25, -0.2) is 23.5 Å². The van der Waals surface area contributed by atoms with Crippen molar-refractivity contribution in [2.75, 3.05) is 50.3 Å². The van der Waals surface area contributed by atoms with Crippen molar-refractivity contribution in [2.24, 2.45) is 0 Å². The second-order valence-electron chi connectivity index (χ2n) is 19.6. The number of aryl methyl sites for hydroxylation is 1. The van der Waals surface area contributed by atoms with Crippen LogP contribution in [-0.4, -0.2) is 118 Å². The van der Waals surface area contributed by atoms with Crippen LogP contribution >= 0.6 is 11.6 Å². The number of amides is 1. The molecule has 17 heteroatoms. The SMILES string of the molecule is COc1ccc(CN(Cc2ccc(OC)cc2)c2nc(C)cc(-c3nc4c5c(nc(OC[C@@]67CCCN6C[C@H](F)C7)nc5c3F)N3C[C@H]5CC[C@@H]([C@H]3[C@H](C)O4)N5C(=O)OC(C)(C)C)c2Cl)cc1. The van der Waals surface area contributed by atoms with Gasteiger partial charge in [0.25, 0.3) is 0 Å². The van der Waals surface area contributed by atoms with E-state index in [-0.39, 0.29) is 52.9 Å². The molecule has 0 radical (unpaired) electrons. The predicted octanol–water partition coefficient (Wildman–Crippen LogP) is 9.10. The molecule has 4 fully saturated rings. The van der Waals surface area contributed by atoms with E-state index in [1.54, 1.807) is 20.3 Å². The molecule has 0 spiro atoms. The fourth-order valence-electron chi connectivity index (χ4n) is 11.0. The van der Waals surface area contributed by atoms with E-state index in [9.17, 15) is 9.18 Å². The van der Waals surface area contributed by atoms with E-state index < -0.39 is 35.3 Å². The van der Waals surface area contributed by atoms with Crippen LogP contribution in [0.5, 0.6) is 23.4 Å². The molecule has 67 heavy (non-hydrogen) atoms. The molecule has 5 aliphatic heterocycles. The number of ether oxygens (including phenoxy) is 5. The lowest BCUT2D eigenvalue weighted by atomic mass is 9.95. The fraction of sp³-hybridized carbons (Fsp3) is 0.500. The molecule has 3 aromatic heterocycles. The first-order chi connectivity index (χ1) is 32.1. The number of alkyl halides is 1. The van der Waals surface area contributed by atoms with Gasteiger partial charge >= 0.3 is 12.1 Å². The second-order valence-corrected chi connectivity index (χ2v) is 20.0. The Morgan fingerprint density at radius 2 is 1.66 bits per heavy atom. The number of rotatable bonds is 11. The second kappa shape index (κ2) is 17.4. The van der Waals surface area contributed by atoms with E-state index in [1.165, 1.54) is 0 Å². The molecule has 4 saturated heterocycles. The summed E-state index contributed by atoms with van der Waals surface area (Å²) in [5.74, 6) is 1.68. The van der Waals surface area contributed by atoms with E-state index in [1.807, 2.05) is 92.9 Å². The minimum atomic E-state index is -0.960. The highest BCUT2D eigenvalue weighted by atomic mass is 35.5. The van der Waals surface area contributed by atoms with E-state index in [2.05, 4.69) is 9.80 Å². The number of carbonyl (C=O) groups is 1. The normalized spacial score (nSPS) is 24.2. The molecule has 2 aromatic carbocycles. The van der Waals surface area contributed by atoms with Crippen molar-refractivity contribution in [1.29, 1.82) is 0 Å². The van der Waals surface area contributed by atoms with Crippen LogP contribution in [0.1, 0.15) is 76.6 Å². The van der Waals surface area contributed by atoms with Crippen LogP contribution in [0.15, 0.2) is 54.6 Å². The van der Waals surface area contributed by atoms with Crippen LogP contribution in [0.4, 0.5) is 25.2 Å². The Morgan fingerprint density at radius 3 is 2.31 bits per heavy atom. The molecule has 1 amide bonds. The quantitative estimate of drug-likeness (QED) is 0.125. The van der Waals surface area contributed by atoms with Crippen LogP contribution in [0.25, 0.3) is 22.2 Å². The van der Waals surface area contributed by atoms with Gasteiger partial charge in [0.05, 0.1) is 42.9 Å². The molecule has 0 unspecified atom stereocenters. The maximum Gasteiger partial charge on any atom is 0.410 e. The maximum atomic E-state index is 18.0. The average molecular weight is 940 g/mol. The summed E-state index contributed by atoms with van der Waals surface area (Å²) in [7, 11) is 3.25. The van der Waals surface area contributed by atoms with Crippen molar-refractivity contribution in [2.45, 2.75) is 121 Å². The fourth-order valence-corrected chi connectivity index (χ4v) is 11.3. The van der Waals surface area contributed by atoms with Crippen LogP contribution in [0.3, 0.4) is 0 Å². The Morgan fingerprint density at radius 1 is 0.970 bits per heavy atom. The number of aromatic nitrogens is 4. The van der Waals surface area contributed by atoms with Gasteiger partial charge in [-0.1, -0.05) is 35.9 Å². The number of pyridine rings is 2.